The summed E-state index contributed by atoms with van der Waals surface area (Å²) in [5.41, 5.74) is 1.85. The topological polar surface area (TPSA) is 27.7 Å². The zero-order valence-corrected chi connectivity index (χ0v) is 12.9. The Morgan fingerprint density at radius 3 is 1.68 bits per heavy atom. The molecule has 3 aromatic carbocycles. The van der Waals surface area contributed by atoms with Gasteiger partial charge >= 0.3 is 0 Å². The third-order valence-corrected chi connectivity index (χ3v) is 3.76. The Kier molecular flexibility index (Phi) is 3.88. The van der Waals surface area contributed by atoms with Gasteiger partial charge < -0.3 is 14.2 Å². The molecular weight excluding hydrogens is 276 g/mol. The molecule has 3 rings (SSSR count). The SMILES string of the molecule is COc1cc2ccccc2cc1-c1c(OC)cccc1OC. The van der Waals surface area contributed by atoms with Crippen molar-refractivity contribution in [1.82, 2.24) is 0 Å². The molecule has 3 aromatic rings. The minimum atomic E-state index is 0.757. The van der Waals surface area contributed by atoms with Crippen LogP contribution in [0.15, 0.2) is 54.6 Å². The highest BCUT2D eigenvalue weighted by Crippen LogP contribution is 2.44. The van der Waals surface area contributed by atoms with E-state index < -0.39 is 0 Å². The molecule has 0 saturated heterocycles. The lowest BCUT2D eigenvalue weighted by atomic mass is 9.98. The molecule has 0 bridgehead atoms. The standard InChI is InChI=1S/C19H18O3/c1-20-16-9-6-10-17(21-2)19(16)15-11-13-7-4-5-8-14(13)12-18(15)22-3/h4-12H,1-3H3. The van der Waals surface area contributed by atoms with Gasteiger partial charge in [0.2, 0.25) is 0 Å². The van der Waals surface area contributed by atoms with Gasteiger partial charge in [-0.25, -0.2) is 0 Å². The third-order valence-electron chi connectivity index (χ3n) is 3.76. The molecule has 22 heavy (non-hydrogen) atoms. The van der Waals surface area contributed by atoms with E-state index in [9.17, 15) is 0 Å². The summed E-state index contributed by atoms with van der Waals surface area (Å²) in [6.45, 7) is 0. The van der Waals surface area contributed by atoms with Crippen molar-refractivity contribution < 1.29 is 14.2 Å². The van der Waals surface area contributed by atoms with Crippen LogP contribution in [-0.4, -0.2) is 21.3 Å². The number of ether oxygens (including phenoxy) is 3. The minimum Gasteiger partial charge on any atom is -0.496 e. The zero-order chi connectivity index (χ0) is 15.5. The fraction of sp³-hybridized carbons (Fsp3) is 0.158. The fourth-order valence-corrected chi connectivity index (χ4v) is 2.70. The van der Waals surface area contributed by atoms with Gasteiger partial charge in [0.25, 0.3) is 0 Å². The molecule has 0 fully saturated rings. The van der Waals surface area contributed by atoms with Crippen molar-refractivity contribution in [2.45, 2.75) is 0 Å². The van der Waals surface area contributed by atoms with Crippen LogP contribution in [0.3, 0.4) is 0 Å². The van der Waals surface area contributed by atoms with Crippen molar-refractivity contribution in [3.63, 3.8) is 0 Å². The summed E-state index contributed by atoms with van der Waals surface area (Å²) in [6.07, 6.45) is 0. The number of methoxy groups -OCH3 is 3. The van der Waals surface area contributed by atoms with Crippen molar-refractivity contribution in [3.05, 3.63) is 54.6 Å². The van der Waals surface area contributed by atoms with E-state index >= 15 is 0 Å². The summed E-state index contributed by atoms with van der Waals surface area (Å²) < 4.78 is 16.6. The first-order valence-corrected chi connectivity index (χ1v) is 7.06. The second-order valence-electron chi connectivity index (χ2n) is 4.94. The Morgan fingerprint density at radius 1 is 0.591 bits per heavy atom. The summed E-state index contributed by atoms with van der Waals surface area (Å²) in [6, 6.07) is 18.1. The number of rotatable bonds is 4. The normalized spacial score (nSPS) is 10.5. The van der Waals surface area contributed by atoms with E-state index in [1.807, 2.05) is 36.4 Å². The largest absolute Gasteiger partial charge is 0.496 e. The van der Waals surface area contributed by atoms with E-state index in [0.29, 0.717) is 0 Å². The summed E-state index contributed by atoms with van der Waals surface area (Å²) in [4.78, 5) is 0. The molecule has 0 radical (unpaired) electrons. The average Bonchev–Trinajstić information content (AvgIpc) is 2.59. The lowest BCUT2D eigenvalue weighted by Crippen LogP contribution is -1.95. The van der Waals surface area contributed by atoms with Gasteiger partial charge in [0.1, 0.15) is 17.2 Å². The highest BCUT2D eigenvalue weighted by atomic mass is 16.5. The maximum Gasteiger partial charge on any atom is 0.130 e. The van der Waals surface area contributed by atoms with Crippen LogP contribution in [0.5, 0.6) is 17.2 Å². The maximum atomic E-state index is 5.60. The molecule has 0 amide bonds. The predicted octanol–water partition coefficient (Wildman–Crippen LogP) is 4.53. The predicted molar refractivity (Wildman–Crippen MR) is 89.0 cm³/mol. The van der Waals surface area contributed by atoms with Gasteiger partial charge in [0.05, 0.1) is 26.9 Å². The molecule has 0 saturated carbocycles. The maximum absolute atomic E-state index is 5.60. The quantitative estimate of drug-likeness (QED) is 0.707. The molecular formula is C19H18O3. The number of fused-ring (bicyclic) bond motifs is 1. The molecule has 0 N–H and O–H groups in total. The summed E-state index contributed by atoms with van der Waals surface area (Å²) >= 11 is 0. The lowest BCUT2D eigenvalue weighted by Gasteiger charge is -2.16. The van der Waals surface area contributed by atoms with E-state index in [1.54, 1.807) is 21.3 Å². The molecule has 3 nitrogen and oxygen atoms in total. The monoisotopic (exact) mass is 294 g/mol. The van der Waals surface area contributed by atoms with Gasteiger partial charge in [0.15, 0.2) is 0 Å². The van der Waals surface area contributed by atoms with E-state index in [2.05, 4.69) is 18.2 Å². The van der Waals surface area contributed by atoms with Crippen LogP contribution in [0, 0.1) is 0 Å². The van der Waals surface area contributed by atoms with Gasteiger partial charge in [-0.2, -0.15) is 0 Å². The summed E-state index contributed by atoms with van der Waals surface area (Å²) in [7, 11) is 4.99. The first-order chi connectivity index (χ1) is 10.8. The first kappa shape index (κ1) is 14.3. The second kappa shape index (κ2) is 5.98. The molecule has 112 valence electrons. The van der Waals surface area contributed by atoms with Crippen LogP contribution in [0.4, 0.5) is 0 Å². The fourth-order valence-electron chi connectivity index (χ4n) is 2.70. The van der Waals surface area contributed by atoms with Crippen LogP contribution in [0.1, 0.15) is 0 Å². The van der Waals surface area contributed by atoms with Gasteiger partial charge in [-0.05, 0) is 35.0 Å². The Labute approximate surface area is 130 Å². The zero-order valence-electron chi connectivity index (χ0n) is 12.9. The Hall–Kier alpha value is -2.68. The molecule has 0 heterocycles. The van der Waals surface area contributed by atoms with Crippen molar-refractivity contribution in [3.8, 4) is 28.4 Å². The van der Waals surface area contributed by atoms with Crippen molar-refractivity contribution >= 4 is 10.8 Å². The molecule has 0 aliphatic heterocycles. The van der Waals surface area contributed by atoms with Gasteiger partial charge in [0, 0.05) is 5.56 Å². The Morgan fingerprint density at radius 2 is 1.14 bits per heavy atom. The number of benzene rings is 3. The molecule has 0 aliphatic carbocycles. The highest BCUT2D eigenvalue weighted by Gasteiger charge is 2.17. The average molecular weight is 294 g/mol. The Bertz CT molecular complexity index is 787. The molecule has 0 atom stereocenters. The van der Waals surface area contributed by atoms with Crippen LogP contribution in [0.2, 0.25) is 0 Å². The van der Waals surface area contributed by atoms with Gasteiger partial charge in [-0.15, -0.1) is 0 Å². The van der Waals surface area contributed by atoms with Crippen molar-refractivity contribution in [2.24, 2.45) is 0 Å². The third kappa shape index (κ3) is 2.35. The van der Waals surface area contributed by atoms with Crippen LogP contribution >= 0.6 is 0 Å². The summed E-state index contributed by atoms with van der Waals surface area (Å²) in [5.74, 6) is 2.31. The molecule has 3 heteroatoms. The lowest BCUT2D eigenvalue weighted by molar-refractivity contribution is 0.394. The van der Waals surface area contributed by atoms with E-state index in [1.165, 1.54) is 0 Å². The highest BCUT2D eigenvalue weighted by molar-refractivity contribution is 5.93. The first-order valence-electron chi connectivity index (χ1n) is 7.06. The van der Waals surface area contributed by atoms with Crippen molar-refractivity contribution in [1.29, 1.82) is 0 Å². The van der Waals surface area contributed by atoms with E-state index in [4.69, 9.17) is 14.2 Å². The van der Waals surface area contributed by atoms with E-state index in [0.717, 1.165) is 39.1 Å². The van der Waals surface area contributed by atoms with E-state index in [-0.39, 0.29) is 0 Å². The van der Waals surface area contributed by atoms with Gasteiger partial charge in [-0.3, -0.25) is 0 Å². The second-order valence-corrected chi connectivity index (χ2v) is 4.94. The number of hydrogen-bond acceptors (Lipinski definition) is 3. The smallest absolute Gasteiger partial charge is 0.130 e. The summed E-state index contributed by atoms with van der Waals surface area (Å²) in [5, 5.41) is 2.28. The van der Waals surface area contributed by atoms with Crippen LogP contribution in [0.25, 0.3) is 21.9 Å². The molecule has 0 spiro atoms. The molecule has 0 unspecified atom stereocenters. The number of hydrogen-bond donors (Lipinski definition) is 0. The van der Waals surface area contributed by atoms with Crippen LogP contribution < -0.4 is 14.2 Å². The minimum absolute atomic E-state index is 0.757. The van der Waals surface area contributed by atoms with Crippen molar-refractivity contribution in [2.75, 3.05) is 21.3 Å². The molecule has 0 aromatic heterocycles. The molecule has 0 aliphatic rings. The van der Waals surface area contributed by atoms with Crippen LogP contribution in [-0.2, 0) is 0 Å². The Balaban J connectivity index is 2.34. The van der Waals surface area contributed by atoms with Gasteiger partial charge in [-0.1, -0.05) is 30.3 Å².